The lowest BCUT2D eigenvalue weighted by Crippen LogP contribution is -2.01. The van der Waals surface area contributed by atoms with E-state index in [4.69, 9.17) is 9.72 Å². The highest BCUT2D eigenvalue weighted by atomic mass is 32.2. The van der Waals surface area contributed by atoms with Crippen LogP contribution in [0, 0.1) is 0 Å². The van der Waals surface area contributed by atoms with Crippen LogP contribution >= 0.6 is 23.1 Å². The van der Waals surface area contributed by atoms with Gasteiger partial charge in [-0.25, -0.2) is 4.98 Å². The average Bonchev–Trinajstić information content (AvgIpc) is 3.38. The standard InChI is InChI=1S/C29H31NOS2/c1-3-10-20-11-9-15-25-23-13-6-5-12-22(23)24(28(20)25)14-7-8-18-32-29-30-26-17-16-21(31-4-2)19-27(26)33-29/h5-6,9,11-13,15-17,19,24H,3-4,7-8,10,14,18H2,1-2H3. The summed E-state index contributed by atoms with van der Waals surface area (Å²) < 4.78 is 8.01. The molecule has 0 bridgehead atoms. The molecule has 0 N–H and O–H groups in total. The summed E-state index contributed by atoms with van der Waals surface area (Å²) in [6.07, 6.45) is 6.05. The van der Waals surface area contributed by atoms with Gasteiger partial charge in [-0.15, -0.1) is 11.3 Å². The molecule has 0 saturated carbocycles. The van der Waals surface area contributed by atoms with Crippen LogP contribution in [0.4, 0.5) is 0 Å². The number of fused-ring (bicyclic) bond motifs is 4. The van der Waals surface area contributed by atoms with Gasteiger partial charge < -0.3 is 4.74 Å². The fourth-order valence-electron chi connectivity index (χ4n) is 5.06. The van der Waals surface area contributed by atoms with Crippen molar-refractivity contribution < 1.29 is 4.74 Å². The zero-order chi connectivity index (χ0) is 22.6. The van der Waals surface area contributed by atoms with E-state index in [9.17, 15) is 0 Å². The third-order valence-electron chi connectivity index (χ3n) is 6.45. The van der Waals surface area contributed by atoms with E-state index in [2.05, 4.69) is 61.5 Å². The maximum Gasteiger partial charge on any atom is 0.151 e. The first kappa shape index (κ1) is 22.5. The smallest absolute Gasteiger partial charge is 0.151 e. The molecule has 0 spiro atoms. The topological polar surface area (TPSA) is 22.1 Å². The molecule has 3 aromatic carbocycles. The van der Waals surface area contributed by atoms with Gasteiger partial charge in [-0.3, -0.25) is 0 Å². The van der Waals surface area contributed by atoms with Crippen molar-refractivity contribution >= 4 is 33.3 Å². The van der Waals surface area contributed by atoms with Gasteiger partial charge in [-0.2, -0.15) is 0 Å². The maximum absolute atomic E-state index is 5.63. The Morgan fingerprint density at radius 2 is 1.85 bits per heavy atom. The van der Waals surface area contributed by atoms with Crippen molar-refractivity contribution in [1.82, 2.24) is 4.98 Å². The van der Waals surface area contributed by atoms with E-state index in [1.807, 2.05) is 24.8 Å². The minimum Gasteiger partial charge on any atom is -0.494 e. The van der Waals surface area contributed by atoms with E-state index >= 15 is 0 Å². The van der Waals surface area contributed by atoms with Crippen molar-refractivity contribution in [2.75, 3.05) is 12.4 Å². The van der Waals surface area contributed by atoms with Crippen LogP contribution in [0.25, 0.3) is 21.3 Å². The Morgan fingerprint density at radius 1 is 0.970 bits per heavy atom. The number of thiazole rings is 1. The van der Waals surface area contributed by atoms with Crippen LogP contribution in [0.2, 0.25) is 0 Å². The van der Waals surface area contributed by atoms with E-state index < -0.39 is 0 Å². The van der Waals surface area contributed by atoms with Crippen LogP contribution in [0.15, 0.2) is 65.0 Å². The Bertz CT molecular complexity index is 1250. The maximum atomic E-state index is 5.63. The molecule has 1 unspecified atom stereocenters. The summed E-state index contributed by atoms with van der Waals surface area (Å²) in [7, 11) is 0. The molecule has 4 aromatic rings. The molecule has 5 rings (SSSR count). The molecule has 0 fully saturated rings. The van der Waals surface area contributed by atoms with Crippen molar-refractivity contribution in [3.63, 3.8) is 0 Å². The summed E-state index contributed by atoms with van der Waals surface area (Å²) in [5, 5.41) is 0. The minimum absolute atomic E-state index is 0.545. The van der Waals surface area contributed by atoms with Gasteiger partial charge in [-0.1, -0.05) is 74.0 Å². The number of ether oxygens (including phenoxy) is 1. The van der Waals surface area contributed by atoms with Crippen LogP contribution in [0.3, 0.4) is 0 Å². The third-order valence-corrected chi connectivity index (χ3v) is 8.70. The number of rotatable bonds is 10. The molecule has 1 aliphatic carbocycles. The van der Waals surface area contributed by atoms with Crippen LogP contribution in [0.1, 0.15) is 62.1 Å². The average molecular weight is 474 g/mol. The highest BCUT2D eigenvalue weighted by molar-refractivity contribution is 8.01. The second-order valence-corrected chi connectivity index (χ2v) is 11.0. The third kappa shape index (κ3) is 4.69. The van der Waals surface area contributed by atoms with Crippen molar-refractivity contribution in [3.05, 3.63) is 77.4 Å². The highest BCUT2D eigenvalue weighted by Crippen LogP contribution is 2.48. The summed E-state index contributed by atoms with van der Waals surface area (Å²) in [4.78, 5) is 4.81. The second-order valence-electron chi connectivity index (χ2n) is 8.65. The highest BCUT2D eigenvalue weighted by Gasteiger charge is 2.29. The normalized spacial score (nSPS) is 14.4. The van der Waals surface area contributed by atoms with Gasteiger partial charge >= 0.3 is 0 Å². The van der Waals surface area contributed by atoms with Gasteiger partial charge in [0.25, 0.3) is 0 Å². The number of hydrogen-bond acceptors (Lipinski definition) is 4. The fraction of sp³-hybridized carbons (Fsp3) is 0.345. The second kappa shape index (κ2) is 10.3. The molecule has 0 saturated heterocycles. The number of aryl methyl sites for hydroxylation is 1. The predicted molar refractivity (Wildman–Crippen MR) is 143 cm³/mol. The van der Waals surface area contributed by atoms with Gasteiger partial charge in [0.05, 0.1) is 16.8 Å². The van der Waals surface area contributed by atoms with Gasteiger partial charge in [0, 0.05) is 11.7 Å². The predicted octanol–water partition coefficient (Wildman–Crippen LogP) is 8.72. The zero-order valence-electron chi connectivity index (χ0n) is 19.5. The van der Waals surface area contributed by atoms with E-state index in [0.717, 1.165) is 17.0 Å². The largest absolute Gasteiger partial charge is 0.494 e. The number of aromatic nitrogens is 1. The first-order valence-corrected chi connectivity index (χ1v) is 14.0. The number of benzene rings is 3. The van der Waals surface area contributed by atoms with Crippen molar-refractivity contribution in [1.29, 1.82) is 0 Å². The molecule has 1 aromatic heterocycles. The van der Waals surface area contributed by atoms with Gasteiger partial charge in [0.2, 0.25) is 0 Å². The zero-order valence-corrected chi connectivity index (χ0v) is 21.1. The first-order valence-electron chi connectivity index (χ1n) is 12.2. The number of nitrogens with zero attached hydrogens (tertiary/aromatic N) is 1. The molecule has 33 heavy (non-hydrogen) atoms. The lowest BCUT2D eigenvalue weighted by Gasteiger charge is -2.17. The number of hydrogen-bond donors (Lipinski definition) is 0. The Balaban J connectivity index is 1.22. The van der Waals surface area contributed by atoms with Crippen molar-refractivity contribution in [2.24, 2.45) is 0 Å². The number of unbranched alkanes of at least 4 members (excludes halogenated alkanes) is 1. The first-order chi connectivity index (χ1) is 16.3. The molecular formula is C29H31NOS2. The summed E-state index contributed by atoms with van der Waals surface area (Å²) in [6.45, 7) is 5.00. The fourth-order valence-corrected chi connectivity index (χ4v) is 7.23. The molecule has 0 amide bonds. The van der Waals surface area contributed by atoms with E-state index in [-0.39, 0.29) is 0 Å². The van der Waals surface area contributed by atoms with Crippen LogP contribution in [-0.4, -0.2) is 17.3 Å². The van der Waals surface area contributed by atoms with E-state index in [1.165, 1.54) is 57.8 Å². The van der Waals surface area contributed by atoms with Crippen LogP contribution < -0.4 is 4.74 Å². The molecule has 4 heteroatoms. The van der Waals surface area contributed by atoms with E-state index in [0.29, 0.717) is 12.5 Å². The molecule has 1 heterocycles. The molecular weight excluding hydrogens is 442 g/mol. The summed E-state index contributed by atoms with van der Waals surface area (Å²) in [5.74, 6) is 2.60. The Hall–Kier alpha value is -2.30. The van der Waals surface area contributed by atoms with Gasteiger partial charge in [0.15, 0.2) is 4.34 Å². The molecule has 2 nitrogen and oxygen atoms in total. The molecule has 170 valence electrons. The van der Waals surface area contributed by atoms with E-state index in [1.54, 1.807) is 22.5 Å². The van der Waals surface area contributed by atoms with Gasteiger partial charge in [0.1, 0.15) is 5.75 Å². The summed E-state index contributed by atoms with van der Waals surface area (Å²) >= 11 is 3.68. The molecule has 1 atom stereocenters. The molecule has 0 radical (unpaired) electrons. The van der Waals surface area contributed by atoms with Gasteiger partial charge in [-0.05, 0) is 72.2 Å². The van der Waals surface area contributed by atoms with Crippen LogP contribution in [-0.2, 0) is 6.42 Å². The van der Waals surface area contributed by atoms with Crippen LogP contribution in [0.5, 0.6) is 5.75 Å². The summed E-state index contributed by atoms with van der Waals surface area (Å²) in [6, 6.07) is 22.2. The lowest BCUT2D eigenvalue weighted by molar-refractivity contribution is 0.341. The minimum atomic E-state index is 0.545. The van der Waals surface area contributed by atoms with Crippen molar-refractivity contribution in [2.45, 2.75) is 56.2 Å². The Labute approximate surface area is 205 Å². The Kier molecular flexibility index (Phi) is 7.03. The summed E-state index contributed by atoms with van der Waals surface area (Å²) in [5.41, 5.74) is 8.67. The SMILES string of the molecule is CCCc1cccc2c1C(CCCCSc1nc3ccc(OCC)cc3s1)c1ccccc1-2. The molecule has 0 aliphatic heterocycles. The quantitative estimate of drug-likeness (QED) is 0.170. The van der Waals surface area contributed by atoms with Crippen molar-refractivity contribution in [3.8, 4) is 16.9 Å². The number of thioether (sulfide) groups is 1. The molecule has 1 aliphatic rings. The Morgan fingerprint density at radius 3 is 2.73 bits per heavy atom. The lowest BCUT2D eigenvalue weighted by atomic mass is 9.87. The monoisotopic (exact) mass is 473 g/mol.